The van der Waals surface area contributed by atoms with E-state index in [1.165, 1.54) is 0 Å². The Hall–Kier alpha value is -1.30. The fourth-order valence-electron chi connectivity index (χ4n) is 1.72. The molecule has 80 valence electrons. The van der Waals surface area contributed by atoms with Gasteiger partial charge in [0.2, 0.25) is 5.91 Å². The number of carbonyl (C=O) groups is 2. The molecule has 0 atom stereocenters. The number of hydrogen-bond donors (Lipinski definition) is 3. The van der Waals surface area contributed by atoms with Crippen molar-refractivity contribution in [3.8, 4) is 0 Å². The second-order valence-corrected chi connectivity index (χ2v) is 3.42. The molecule has 2 amide bonds. The summed E-state index contributed by atoms with van der Waals surface area (Å²) in [5.74, 6) is 4.80. The molecule has 0 heterocycles. The Balaban J connectivity index is 2.31. The van der Waals surface area contributed by atoms with Crippen LogP contribution in [0.15, 0.2) is 0 Å². The van der Waals surface area contributed by atoms with Crippen LogP contribution in [-0.2, 0) is 9.53 Å². The Bertz CT molecular complexity index is 224. The van der Waals surface area contributed by atoms with Crippen molar-refractivity contribution >= 4 is 12.0 Å². The molecule has 1 rings (SSSR count). The smallest absolute Gasteiger partial charge is 0.404 e. The van der Waals surface area contributed by atoms with Gasteiger partial charge in [0.15, 0.2) is 0 Å². The van der Waals surface area contributed by atoms with Gasteiger partial charge in [0.05, 0.1) is 0 Å². The summed E-state index contributed by atoms with van der Waals surface area (Å²) in [7, 11) is 0. The number of hydrogen-bond acceptors (Lipinski definition) is 4. The molecule has 0 aliphatic heterocycles. The second kappa shape index (κ2) is 4.80. The average molecular weight is 201 g/mol. The van der Waals surface area contributed by atoms with Gasteiger partial charge in [-0.05, 0) is 25.7 Å². The van der Waals surface area contributed by atoms with Crippen molar-refractivity contribution in [2.45, 2.75) is 31.8 Å². The van der Waals surface area contributed by atoms with Crippen molar-refractivity contribution in [2.24, 2.45) is 17.5 Å². The lowest BCUT2D eigenvalue weighted by atomic mass is 9.87. The quantitative estimate of drug-likeness (QED) is 0.322. The van der Waals surface area contributed by atoms with Gasteiger partial charge >= 0.3 is 6.09 Å². The van der Waals surface area contributed by atoms with Crippen LogP contribution in [-0.4, -0.2) is 18.1 Å². The van der Waals surface area contributed by atoms with Crippen LogP contribution in [0.2, 0.25) is 0 Å². The van der Waals surface area contributed by atoms with Crippen molar-refractivity contribution < 1.29 is 14.3 Å². The maximum atomic E-state index is 11.1. The first-order valence-electron chi connectivity index (χ1n) is 4.60. The third-order valence-electron chi connectivity index (χ3n) is 2.47. The fourth-order valence-corrected chi connectivity index (χ4v) is 1.72. The van der Waals surface area contributed by atoms with E-state index in [1.807, 2.05) is 0 Å². The van der Waals surface area contributed by atoms with E-state index in [-0.39, 0.29) is 17.9 Å². The zero-order chi connectivity index (χ0) is 10.6. The second-order valence-electron chi connectivity index (χ2n) is 3.42. The third-order valence-corrected chi connectivity index (χ3v) is 2.47. The molecule has 0 spiro atoms. The molecule has 1 saturated carbocycles. The molecular weight excluding hydrogens is 186 g/mol. The monoisotopic (exact) mass is 201 g/mol. The minimum atomic E-state index is -0.753. The van der Waals surface area contributed by atoms with E-state index >= 15 is 0 Å². The van der Waals surface area contributed by atoms with Crippen LogP contribution in [0.3, 0.4) is 0 Å². The zero-order valence-corrected chi connectivity index (χ0v) is 7.86. The van der Waals surface area contributed by atoms with Gasteiger partial charge in [-0.25, -0.2) is 10.6 Å². The molecule has 1 aliphatic carbocycles. The largest absolute Gasteiger partial charge is 0.446 e. The Morgan fingerprint density at radius 1 is 1.21 bits per heavy atom. The van der Waals surface area contributed by atoms with Gasteiger partial charge in [-0.2, -0.15) is 0 Å². The molecule has 0 aromatic heterocycles. The standard InChI is InChI=1S/C8H15N3O3/c9-8(13)14-6-3-1-5(2-4-6)7(12)11-10/h5-6H,1-4,10H2,(H2,9,13)(H,11,12)/t5-,6-. The highest BCUT2D eigenvalue weighted by molar-refractivity contribution is 5.78. The molecule has 0 bridgehead atoms. The lowest BCUT2D eigenvalue weighted by molar-refractivity contribution is -0.126. The normalized spacial score (nSPS) is 26.6. The van der Waals surface area contributed by atoms with Crippen LogP contribution >= 0.6 is 0 Å². The Kier molecular flexibility index (Phi) is 3.70. The molecule has 1 aliphatic rings. The van der Waals surface area contributed by atoms with Gasteiger partial charge in [-0.1, -0.05) is 0 Å². The average Bonchev–Trinajstić information content (AvgIpc) is 2.17. The maximum absolute atomic E-state index is 11.1. The zero-order valence-electron chi connectivity index (χ0n) is 7.86. The number of hydrazine groups is 1. The molecule has 6 heteroatoms. The first-order valence-corrected chi connectivity index (χ1v) is 4.60. The molecule has 0 unspecified atom stereocenters. The number of nitrogens with two attached hydrogens (primary N) is 2. The highest BCUT2D eigenvalue weighted by atomic mass is 16.6. The molecule has 14 heavy (non-hydrogen) atoms. The highest BCUT2D eigenvalue weighted by Crippen LogP contribution is 2.26. The van der Waals surface area contributed by atoms with Crippen LogP contribution in [0.1, 0.15) is 25.7 Å². The van der Waals surface area contributed by atoms with E-state index in [1.54, 1.807) is 0 Å². The van der Waals surface area contributed by atoms with E-state index in [0.29, 0.717) is 25.7 Å². The third kappa shape index (κ3) is 2.88. The van der Waals surface area contributed by atoms with E-state index < -0.39 is 6.09 Å². The molecule has 0 aromatic rings. The predicted molar refractivity (Wildman–Crippen MR) is 48.7 cm³/mol. The molecular formula is C8H15N3O3. The lowest BCUT2D eigenvalue weighted by Crippen LogP contribution is -2.39. The summed E-state index contributed by atoms with van der Waals surface area (Å²) in [5, 5.41) is 0. The molecule has 5 N–H and O–H groups in total. The summed E-state index contributed by atoms with van der Waals surface area (Å²) in [6.07, 6.45) is 1.80. The van der Waals surface area contributed by atoms with Crippen molar-refractivity contribution in [3.63, 3.8) is 0 Å². The van der Waals surface area contributed by atoms with Crippen molar-refractivity contribution in [2.75, 3.05) is 0 Å². The van der Waals surface area contributed by atoms with Crippen LogP contribution in [0.25, 0.3) is 0 Å². The van der Waals surface area contributed by atoms with E-state index in [4.69, 9.17) is 16.3 Å². The maximum Gasteiger partial charge on any atom is 0.404 e. The topological polar surface area (TPSA) is 107 Å². The number of amides is 2. The van der Waals surface area contributed by atoms with Gasteiger partial charge < -0.3 is 10.5 Å². The van der Waals surface area contributed by atoms with Gasteiger partial charge in [0.25, 0.3) is 0 Å². The first kappa shape index (κ1) is 10.8. The number of primary amides is 1. The Morgan fingerprint density at radius 3 is 2.21 bits per heavy atom. The van der Waals surface area contributed by atoms with Gasteiger partial charge in [-0.3, -0.25) is 10.2 Å². The van der Waals surface area contributed by atoms with Gasteiger partial charge in [0, 0.05) is 5.92 Å². The van der Waals surface area contributed by atoms with E-state index in [9.17, 15) is 9.59 Å². The minimum Gasteiger partial charge on any atom is -0.446 e. The summed E-state index contributed by atoms with van der Waals surface area (Å²) in [4.78, 5) is 21.6. The molecule has 0 saturated heterocycles. The first-order chi connectivity index (χ1) is 6.63. The van der Waals surface area contributed by atoms with Gasteiger partial charge in [-0.15, -0.1) is 0 Å². The van der Waals surface area contributed by atoms with Crippen molar-refractivity contribution in [3.05, 3.63) is 0 Å². The Morgan fingerprint density at radius 2 is 1.79 bits per heavy atom. The summed E-state index contributed by atoms with van der Waals surface area (Å²) in [6, 6.07) is 0. The van der Waals surface area contributed by atoms with E-state index in [0.717, 1.165) is 0 Å². The molecule has 0 radical (unpaired) electrons. The Labute approximate surface area is 81.9 Å². The summed E-state index contributed by atoms with van der Waals surface area (Å²) in [5.41, 5.74) is 7.00. The van der Waals surface area contributed by atoms with Crippen molar-refractivity contribution in [1.82, 2.24) is 5.43 Å². The number of nitrogens with one attached hydrogen (secondary N) is 1. The van der Waals surface area contributed by atoms with Crippen LogP contribution in [0.4, 0.5) is 4.79 Å². The van der Waals surface area contributed by atoms with Crippen LogP contribution in [0, 0.1) is 5.92 Å². The summed E-state index contributed by atoms with van der Waals surface area (Å²) in [6.45, 7) is 0. The van der Waals surface area contributed by atoms with Crippen LogP contribution in [0.5, 0.6) is 0 Å². The number of carbonyl (C=O) groups excluding carboxylic acids is 2. The SMILES string of the molecule is NNC(=O)[C@H]1CC[C@H](OC(N)=O)CC1. The summed E-state index contributed by atoms with van der Waals surface area (Å²) >= 11 is 0. The van der Waals surface area contributed by atoms with Gasteiger partial charge in [0.1, 0.15) is 6.10 Å². The minimum absolute atomic E-state index is 0.0623. The molecule has 0 aromatic carbocycles. The van der Waals surface area contributed by atoms with Crippen molar-refractivity contribution in [1.29, 1.82) is 0 Å². The van der Waals surface area contributed by atoms with E-state index in [2.05, 4.69) is 5.43 Å². The highest BCUT2D eigenvalue weighted by Gasteiger charge is 2.27. The summed E-state index contributed by atoms with van der Waals surface area (Å²) < 4.78 is 4.83. The lowest BCUT2D eigenvalue weighted by Gasteiger charge is -2.26. The number of rotatable bonds is 2. The number of ether oxygens (including phenoxy) is 1. The molecule has 1 fully saturated rings. The molecule has 6 nitrogen and oxygen atoms in total. The fraction of sp³-hybridized carbons (Fsp3) is 0.750. The van der Waals surface area contributed by atoms with Crippen LogP contribution < -0.4 is 17.0 Å². The predicted octanol–water partition coefficient (Wildman–Crippen LogP) is -0.370.